The SMILES string of the molecule is CCCNC1CCC(N(CCC)CC(=O)NC)CC1. The molecule has 2 N–H and O–H groups in total. The van der Waals surface area contributed by atoms with Crippen molar-refractivity contribution in [1.29, 1.82) is 0 Å². The van der Waals surface area contributed by atoms with E-state index in [4.69, 9.17) is 0 Å². The van der Waals surface area contributed by atoms with Crippen LogP contribution in [0.2, 0.25) is 0 Å². The Hall–Kier alpha value is -0.610. The monoisotopic (exact) mass is 269 g/mol. The molecule has 0 heterocycles. The first-order valence-electron chi connectivity index (χ1n) is 7.89. The molecule has 0 aromatic heterocycles. The molecule has 0 aromatic rings. The largest absolute Gasteiger partial charge is 0.358 e. The Morgan fingerprint density at radius 2 is 1.84 bits per heavy atom. The van der Waals surface area contributed by atoms with Crippen LogP contribution in [-0.4, -0.2) is 49.6 Å². The van der Waals surface area contributed by atoms with E-state index in [0.29, 0.717) is 18.6 Å². The quantitative estimate of drug-likeness (QED) is 0.706. The summed E-state index contributed by atoms with van der Waals surface area (Å²) in [5, 5.41) is 6.35. The highest BCUT2D eigenvalue weighted by Gasteiger charge is 2.26. The minimum atomic E-state index is 0.139. The zero-order valence-electron chi connectivity index (χ0n) is 12.9. The fourth-order valence-electron chi connectivity index (χ4n) is 2.94. The number of hydrogen-bond donors (Lipinski definition) is 2. The Bertz CT molecular complexity index is 250. The third-order valence-electron chi connectivity index (χ3n) is 4.03. The van der Waals surface area contributed by atoms with Gasteiger partial charge < -0.3 is 10.6 Å². The number of likely N-dealkylation sites (N-methyl/N-ethyl adjacent to an activating group) is 1. The van der Waals surface area contributed by atoms with Crippen molar-refractivity contribution in [3.05, 3.63) is 0 Å². The van der Waals surface area contributed by atoms with Crippen LogP contribution in [0.25, 0.3) is 0 Å². The van der Waals surface area contributed by atoms with Crippen molar-refractivity contribution in [3.63, 3.8) is 0 Å². The second-order valence-electron chi connectivity index (χ2n) is 5.60. The van der Waals surface area contributed by atoms with Crippen LogP contribution in [0.1, 0.15) is 52.4 Å². The maximum Gasteiger partial charge on any atom is 0.233 e. The fourth-order valence-corrected chi connectivity index (χ4v) is 2.94. The molecular weight excluding hydrogens is 238 g/mol. The molecule has 4 heteroatoms. The molecule has 1 aliphatic rings. The molecule has 1 rings (SSSR count). The van der Waals surface area contributed by atoms with Crippen molar-refractivity contribution in [2.45, 2.75) is 64.5 Å². The number of hydrogen-bond acceptors (Lipinski definition) is 3. The minimum absolute atomic E-state index is 0.139. The van der Waals surface area contributed by atoms with E-state index in [1.54, 1.807) is 7.05 Å². The van der Waals surface area contributed by atoms with E-state index in [2.05, 4.69) is 29.4 Å². The van der Waals surface area contributed by atoms with Crippen molar-refractivity contribution in [1.82, 2.24) is 15.5 Å². The molecule has 0 atom stereocenters. The first kappa shape index (κ1) is 16.4. The lowest BCUT2D eigenvalue weighted by Gasteiger charge is -2.36. The highest BCUT2D eigenvalue weighted by molar-refractivity contribution is 5.77. The first-order valence-corrected chi connectivity index (χ1v) is 7.89. The summed E-state index contributed by atoms with van der Waals surface area (Å²) in [5.74, 6) is 0.139. The van der Waals surface area contributed by atoms with Crippen molar-refractivity contribution in [3.8, 4) is 0 Å². The molecule has 0 spiro atoms. The summed E-state index contributed by atoms with van der Waals surface area (Å²) in [6.07, 6.45) is 7.26. The Morgan fingerprint density at radius 1 is 1.16 bits per heavy atom. The van der Waals surface area contributed by atoms with E-state index in [9.17, 15) is 4.79 Å². The average Bonchev–Trinajstić information content (AvgIpc) is 2.45. The predicted molar refractivity (Wildman–Crippen MR) is 80.3 cm³/mol. The molecule has 112 valence electrons. The van der Waals surface area contributed by atoms with E-state index < -0.39 is 0 Å². The molecule has 19 heavy (non-hydrogen) atoms. The molecule has 0 bridgehead atoms. The van der Waals surface area contributed by atoms with E-state index in [-0.39, 0.29) is 5.91 Å². The molecule has 0 aliphatic heterocycles. The Kier molecular flexibility index (Phi) is 8.07. The van der Waals surface area contributed by atoms with Gasteiger partial charge in [-0.2, -0.15) is 0 Å². The van der Waals surface area contributed by atoms with Gasteiger partial charge in [-0.1, -0.05) is 13.8 Å². The number of rotatable bonds is 8. The summed E-state index contributed by atoms with van der Waals surface area (Å²) >= 11 is 0. The van der Waals surface area contributed by atoms with E-state index in [1.165, 1.54) is 32.1 Å². The van der Waals surface area contributed by atoms with Crippen LogP contribution in [0.3, 0.4) is 0 Å². The number of nitrogens with one attached hydrogen (secondary N) is 2. The number of carbonyl (C=O) groups is 1. The maximum absolute atomic E-state index is 11.6. The highest BCUT2D eigenvalue weighted by atomic mass is 16.1. The van der Waals surface area contributed by atoms with Crippen LogP contribution < -0.4 is 10.6 Å². The smallest absolute Gasteiger partial charge is 0.233 e. The second kappa shape index (κ2) is 9.32. The van der Waals surface area contributed by atoms with Gasteiger partial charge in [0.2, 0.25) is 5.91 Å². The molecule has 1 aliphatic carbocycles. The van der Waals surface area contributed by atoms with Crippen LogP contribution in [0.4, 0.5) is 0 Å². The molecule has 4 nitrogen and oxygen atoms in total. The van der Waals surface area contributed by atoms with Gasteiger partial charge in [-0.15, -0.1) is 0 Å². The van der Waals surface area contributed by atoms with Crippen LogP contribution in [-0.2, 0) is 4.79 Å². The van der Waals surface area contributed by atoms with Crippen LogP contribution in [0.5, 0.6) is 0 Å². The van der Waals surface area contributed by atoms with Gasteiger partial charge in [-0.3, -0.25) is 9.69 Å². The summed E-state index contributed by atoms with van der Waals surface area (Å²) in [4.78, 5) is 14.0. The van der Waals surface area contributed by atoms with Crippen molar-refractivity contribution in [2.75, 3.05) is 26.7 Å². The van der Waals surface area contributed by atoms with Crippen LogP contribution >= 0.6 is 0 Å². The Balaban J connectivity index is 2.38. The molecule has 1 saturated carbocycles. The van der Waals surface area contributed by atoms with E-state index >= 15 is 0 Å². The second-order valence-corrected chi connectivity index (χ2v) is 5.60. The summed E-state index contributed by atoms with van der Waals surface area (Å²) in [6, 6.07) is 1.29. The van der Waals surface area contributed by atoms with E-state index in [1.807, 2.05) is 0 Å². The molecule has 0 aromatic carbocycles. The van der Waals surface area contributed by atoms with Gasteiger partial charge in [0, 0.05) is 19.1 Å². The van der Waals surface area contributed by atoms with Gasteiger partial charge in [-0.05, 0) is 51.6 Å². The zero-order valence-corrected chi connectivity index (χ0v) is 12.9. The van der Waals surface area contributed by atoms with Crippen LogP contribution in [0.15, 0.2) is 0 Å². The predicted octanol–water partition coefficient (Wildman–Crippen LogP) is 1.76. The fraction of sp³-hybridized carbons (Fsp3) is 0.933. The number of nitrogens with zero attached hydrogens (tertiary/aromatic N) is 1. The lowest BCUT2D eigenvalue weighted by molar-refractivity contribution is -0.122. The lowest BCUT2D eigenvalue weighted by Crippen LogP contribution is -2.46. The van der Waals surface area contributed by atoms with Crippen LogP contribution in [0, 0.1) is 0 Å². The molecular formula is C15H31N3O. The highest BCUT2D eigenvalue weighted by Crippen LogP contribution is 2.23. The molecule has 1 amide bonds. The van der Waals surface area contributed by atoms with Gasteiger partial charge >= 0.3 is 0 Å². The maximum atomic E-state index is 11.6. The summed E-state index contributed by atoms with van der Waals surface area (Å²) in [6.45, 7) is 7.12. The van der Waals surface area contributed by atoms with Gasteiger partial charge in [-0.25, -0.2) is 0 Å². The van der Waals surface area contributed by atoms with Gasteiger partial charge in [0.05, 0.1) is 6.54 Å². The number of carbonyl (C=O) groups excluding carboxylic acids is 1. The molecule has 0 unspecified atom stereocenters. The summed E-state index contributed by atoms with van der Waals surface area (Å²) in [5.41, 5.74) is 0. The lowest BCUT2D eigenvalue weighted by atomic mass is 9.90. The first-order chi connectivity index (χ1) is 9.21. The van der Waals surface area contributed by atoms with Crippen molar-refractivity contribution >= 4 is 5.91 Å². The standard InChI is InChI=1S/C15H31N3O/c1-4-10-17-13-6-8-14(9-7-13)18(11-5-2)12-15(19)16-3/h13-14,17H,4-12H2,1-3H3,(H,16,19). The molecule has 1 fully saturated rings. The summed E-state index contributed by atoms with van der Waals surface area (Å²) in [7, 11) is 1.72. The van der Waals surface area contributed by atoms with Gasteiger partial charge in [0.1, 0.15) is 0 Å². The molecule has 0 radical (unpaired) electrons. The average molecular weight is 269 g/mol. The van der Waals surface area contributed by atoms with Crippen molar-refractivity contribution < 1.29 is 4.79 Å². The topological polar surface area (TPSA) is 44.4 Å². The Labute approximate surface area is 118 Å². The zero-order chi connectivity index (χ0) is 14.1. The molecule has 0 saturated heterocycles. The third kappa shape index (κ3) is 5.91. The normalized spacial score (nSPS) is 23.6. The van der Waals surface area contributed by atoms with Gasteiger partial charge in [0.15, 0.2) is 0 Å². The Morgan fingerprint density at radius 3 is 2.37 bits per heavy atom. The van der Waals surface area contributed by atoms with Crippen molar-refractivity contribution in [2.24, 2.45) is 0 Å². The number of amides is 1. The minimum Gasteiger partial charge on any atom is -0.358 e. The van der Waals surface area contributed by atoms with Gasteiger partial charge in [0.25, 0.3) is 0 Å². The third-order valence-corrected chi connectivity index (χ3v) is 4.03. The van der Waals surface area contributed by atoms with E-state index in [0.717, 1.165) is 19.5 Å². The summed E-state index contributed by atoms with van der Waals surface area (Å²) < 4.78 is 0.